The van der Waals surface area contributed by atoms with Gasteiger partial charge < -0.3 is 10.1 Å². The molecule has 1 N–H and O–H groups in total. The average molecular weight is 251 g/mol. The van der Waals surface area contributed by atoms with Crippen LogP contribution in [0.1, 0.15) is 25.3 Å². The van der Waals surface area contributed by atoms with E-state index in [2.05, 4.69) is 5.32 Å². The minimum atomic E-state index is -0.336. The van der Waals surface area contributed by atoms with Crippen molar-refractivity contribution in [3.63, 3.8) is 0 Å². The summed E-state index contributed by atoms with van der Waals surface area (Å²) in [5.74, 6) is -0.500. The van der Waals surface area contributed by atoms with Crippen LogP contribution in [-0.4, -0.2) is 24.7 Å². The van der Waals surface area contributed by atoms with E-state index in [1.165, 1.54) is 6.07 Å². The lowest BCUT2D eigenvalue weighted by Gasteiger charge is -2.20. The van der Waals surface area contributed by atoms with Crippen molar-refractivity contribution in [3.8, 4) is 0 Å². The molecule has 1 fully saturated rings. The van der Waals surface area contributed by atoms with E-state index in [-0.39, 0.29) is 30.3 Å². The van der Waals surface area contributed by atoms with E-state index in [0.29, 0.717) is 5.56 Å². The SMILES string of the molecule is CC(NC(=O)Cc1ccccc1F)C1CCCO1. The smallest absolute Gasteiger partial charge is 0.224 e. The second-order valence-electron chi connectivity index (χ2n) is 4.68. The van der Waals surface area contributed by atoms with E-state index < -0.39 is 0 Å². The Balaban J connectivity index is 1.86. The highest BCUT2D eigenvalue weighted by Crippen LogP contribution is 2.15. The third kappa shape index (κ3) is 3.29. The van der Waals surface area contributed by atoms with Gasteiger partial charge in [-0.3, -0.25) is 4.79 Å². The first-order valence-corrected chi connectivity index (χ1v) is 6.31. The van der Waals surface area contributed by atoms with Gasteiger partial charge >= 0.3 is 0 Å². The summed E-state index contributed by atoms with van der Waals surface area (Å²) in [6, 6.07) is 6.32. The maximum Gasteiger partial charge on any atom is 0.224 e. The third-order valence-electron chi connectivity index (χ3n) is 3.22. The number of carbonyl (C=O) groups is 1. The van der Waals surface area contributed by atoms with Gasteiger partial charge in [0.15, 0.2) is 0 Å². The fraction of sp³-hybridized carbons (Fsp3) is 0.500. The minimum Gasteiger partial charge on any atom is -0.376 e. The van der Waals surface area contributed by atoms with Crippen molar-refractivity contribution in [3.05, 3.63) is 35.6 Å². The molecule has 0 saturated carbocycles. The highest BCUT2D eigenvalue weighted by molar-refractivity contribution is 5.78. The van der Waals surface area contributed by atoms with Crippen LogP contribution in [0.25, 0.3) is 0 Å². The van der Waals surface area contributed by atoms with Crippen molar-refractivity contribution in [2.24, 2.45) is 0 Å². The zero-order chi connectivity index (χ0) is 13.0. The van der Waals surface area contributed by atoms with E-state index in [1.807, 2.05) is 6.92 Å². The van der Waals surface area contributed by atoms with Crippen LogP contribution >= 0.6 is 0 Å². The highest BCUT2D eigenvalue weighted by Gasteiger charge is 2.23. The van der Waals surface area contributed by atoms with Gasteiger partial charge in [-0.2, -0.15) is 0 Å². The molecule has 98 valence electrons. The molecule has 1 aliphatic rings. The van der Waals surface area contributed by atoms with E-state index in [9.17, 15) is 9.18 Å². The van der Waals surface area contributed by atoms with Crippen molar-refractivity contribution in [1.82, 2.24) is 5.32 Å². The summed E-state index contributed by atoms with van der Waals surface area (Å²) in [5, 5.41) is 2.87. The predicted octanol–water partition coefficient (Wildman–Crippen LogP) is 2.05. The first kappa shape index (κ1) is 13.0. The summed E-state index contributed by atoms with van der Waals surface area (Å²) >= 11 is 0. The molecule has 0 aliphatic carbocycles. The van der Waals surface area contributed by atoms with Crippen molar-refractivity contribution in [2.75, 3.05) is 6.61 Å². The summed E-state index contributed by atoms with van der Waals surface area (Å²) in [4.78, 5) is 11.8. The molecule has 1 saturated heterocycles. The second-order valence-corrected chi connectivity index (χ2v) is 4.68. The van der Waals surface area contributed by atoms with Crippen molar-refractivity contribution >= 4 is 5.91 Å². The first-order chi connectivity index (χ1) is 8.66. The number of carbonyl (C=O) groups excluding carboxylic acids is 1. The monoisotopic (exact) mass is 251 g/mol. The molecule has 0 bridgehead atoms. The fourth-order valence-electron chi connectivity index (χ4n) is 2.21. The molecule has 0 radical (unpaired) electrons. The number of ether oxygens (including phenoxy) is 1. The second kappa shape index (κ2) is 5.96. The van der Waals surface area contributed by atoms with Crippen LogP contribution in [0.4, 0.5) is 4.39 Å². The molecular weight excluding hydrogens is 233 g/mol. The van der Waals surface area contributed by atoms with Crippen molar-refractivity contribution < 1.29 is 13.9 Å². The van der Waals surface area contributed by atoms with E-state index >= 15 is 0 Å². The van der Waals surface area contributed by atoms with Crippen LogP contribution < -0.4 is 5.32 Å². The molecule has 1 aliphatic heterocycles. The molecule has 1 amide bonds. The fourth-order valence-corrected chi connectivity index (χ4v) is 2.21. The number of rotatable bonds is 4. The Morgan fingerprint density at radius 1 is 1.56 bits per heavy atom. The molecule has 2 atom stereocenters. The Morgan fingerprint density at radius 3 is 3.00 bits per heavy atom. The number of benzene rings is 1. The van der Waals surface area contributed by atoms with Gasteiger partial charge in [-0.05, 0) is 31.4 Å². The molecule has 1 heterocycles. The van der Waals surface area contributed by atoms with Gasteiger partial charge in [-0.1, -0.05) is 18.2 Å². The van der Waals surface area contributed by atoms with E-state index in [0.717, 1.165) is 19.4 Å². The average Bonchev–Trinajstić information content (AvgIpc) is 2.85. The van der Waals surface area contributed by atoms with Crippen LogP contribution in [0.5, 0.6) is 0 Å². The normalized spacial score (nSPS) is 20.7. The Labute approximate surface area is 106 Å². The van der Waals surface area contributed by atoms with Crippen molar-refractivity contribution in [2.45, 2.75) is 38.3 Å². The Bertz CT molecular complexity index is 416. The molecule has 2 rings (SSSR count). The summed E-state index contributed by atoms with van der Waals surface area (Å²) in [7, 11) is 0. The predicted molar refractivity (Wildman–Crippen MR) is 66.7 cm³/mol. The highest BCUT2D eigenvalue weighted by atomic mass is 19.1. The number of halogens is 1. The minimum absolute atomic E-state index is 0.0215. The molecule has 0 aromatic heterocycles. The molecule has 18 heavy (non-hydrogen) atoms. The number of hydrogen-bond acceptors (Lipinski definition) is 2. The Hall–Kier alpha value is -1.42. The molecule has 1 aromatic rings. The maximum atomic E-state index is 13.4. The van der Waals surface area contributed by atoms with Gasteiger partial charge in [0.2, 0.25) is 5.91 Å². The summed E-state index contributed by atoms with van der Waals surface area (Å²) in [6.07, 6.45) is 2.18. The van der Waals surface area contributed by atoms with Gasteiger partial charge in [-0.15, -0.1) is 0 Å². The van der Waals surface area contributed by atoms with Crippen LogP contribution in [0.15, 0.2) is 24.3 Å². The standard InChI is InChI=1S/C14H18FNO2/c1-10(13-7-4-8-18-13)16-14(17)9-11-5-2-3-6-12(11)15/h2-3,5-6,10,13H,4,7-9H2,1H3,(H,16,17). The lowest BCUT2D eigenvalue weighted by Crippen LogP contribution is -2.41. The van der Waals surface area contributed by atoms with Crippen LogP contribution in [0, 0.1) is 5.82 Å². The largest absolute Gasteiger partial charge is 0.376 e. The Morgan fingerprint density at radius 2 is 2.33 bits per heavy atom. The van der Waals surface area contributed by atoms with E-state index in [1.54, 1.807) is 18.2 Å². The molecule has 1 aromatic carbocycles. The van der Waals surface area contributed by atoms with E-state index in [4.69, 9.17) is 4.74 Å². The van der Waals surface area contributed by atoms with Gasteiger partial charge in [0, 0.05) is 6.61 Å². The zero-order valence-corrected chi connectivity index (χ0v) is 10.5. The van der Waals surface area contributed by atoms with Gasteiger partial charge in [-0.25, -0.2) is 4.39 Å². The Kier molecular flexibility index (Phi) is 4.31. The summed E-state index contributed by atoms with van der Waals surface area (Å²) in [6.45, 7) is 2.69. The van der Waals surface area contributed by atoms with Gasteiger partial charge in [0.25, 0.3) is 0 Å². The number of hydrogen-bond donors (Lipinski definition) is 1. The van der Waals surface area contributed by atoms with Crippen LogP contribution in [0.2, 0.25) is 0 Å². The molecule has 4 heteroatoms. The third-order valence-corrected chi connectivity index (χ3v) is 3.22. The van der Waals surface area contributed by atoms with Gasteiger partial charge in [0.1, 0.15) is 5.82 Å². The molecule has 0 spiro atoms. The molecular formula is C14H18FNO2. The lowest BCUT2D eigenvalue weighted by molar-refractivity contribution is -0.121. The lowest BCUT2D eigenvalue weighted by atomic mass is 10.1. The quantitative estimate of drug-likeness (QED) is 0.889. The van der Waals surface area contributed by atoms with Crippen LogP contribution in [-0.2, 0) is 16.0 Å². The summed E-state index contributed by atoms with van der Waals surface area (Å²) < 4.78 is 18.9. The first-order valence-electron chi connectivity index (χ1n) is 6.31. The number of nitrogens with one attached hydrogen (secondary N) is 1. The zero-order valence-electron chi connectivity index (χ0n) is 10.5. The van der Waals surface area contributed by atoms with Gasteiger partial charge in [0.05, 0.1) is 18.6 Å². The van der Waals surface area contributed by atoms with Crippen molar-refractivity contribution in [1.29, 1.82) is 0 Å². The molecule has 2 unspecified atom stereocenters. The maximum absolute atomic E-state index is 13.4. The summed E-state index contributed by atoms with van der Waals surface area (Å²) in [5.41, 5.74) is 0.426. The van der Waals surface area contributed by atoms with Crippen LogP contribution in [0.3, 0.4) is 0 Å². The topological polar surface area (TPSA) is 38.3 Å². The number of amides is 1. The molecule has 3 nitrogen and oxygen atoms in total.